The number of rotatable bonds is 7. The van der Waals surface area contributed by atoms with Crippen molar-refractivity contribution in [2.24, 2.45) is 0 Å². The predicted octanol–water partition coefficient (Wildman–Crippen LogP) is 7.11. The van der Waals surface area contributed by atoms with Gasteiger partial charge in [0.2, 0.25) is 0 Å². The second-order valence-electron chi connectivity index (χ2n) is 6.87. The molecule has 0 aliphatic carbocycles. The zero-order valence-corrected chi connectivity index (χ0v) is 19.6. The van der Waals surface area contributed by atoms with E-state index in [0.29, 0.717) is 33.6 Å². The van der Waals surface area contributed by atoms with Crippen LogP contribution in [0.5, 0.6) is 5.75 Å². The number of nitrogens with one attached hydrogen (secondary N) is 1. The normalized spacial score (nSPS) is 10.9. The summed E-state index contributed by atoms with van der Waals surface area (Å²) in [5, 5.41) is 8.07. The summed E-state index contributed by atoms with van der Waals surface area (Å²) in [6, 6.07) is 10.3. The fourth-order valence-electron chi connectivity index (χ4n) is 2.92. The van der Waals surface area contributed by atoms with E-state index in [2.05, 4.69) is 10.4 Å². The van der Waals surface area contributed by atoms with Crippen LogP contribution in [0, 0.1) is 5.82 Å². The molecule has 2 aromatic heterocycles. The van der Waals surface area contributed by atoms with Crippen LogP contribution in [0.2, 0.25) is 20.1 Å². The number of benzene rings is 2. The third-order valence-electron chi connectivity index (χ3n) is 4.45. The monoisotopic (exact) mass is 527 g/mol. The number of amides is 1. The second-order valence-corrected chi connectivity index (χ2v) is 8.53. The highest BCUT2D eigenvalue weighted by molar-refractivity contribution is 6.40. The molecular formula is C22H14Cl4FN3O3. The van der Waals surface area contributed by atoms with Crippen LogP contribution in [-0.4, -0.2) is 15.7 Å². The van der Waals surface area contributed by atoms with Crippen molar-refractivity contribution in [2.75, 3.05) is 5.32 Å². The summed E-state index contributed by atoms with van der Waals surface area (Å²) in [5.41, 5.74) is 1.14. The number of aromatic nitrogens is 2. The Balaban J connectivity index is 1.36. The van der Waals surface area contributed by atoms with Gasteiger partial charge in [0.1, 0.15) is 18.2 Å². The van der Waals surface area contributed by atoms with Gasteiger partial charge in [-0.15, -0.1) is 0 Å². The molecule has 2 aromatic carbocycles. The first-order valence-electron chi connectivity index (χ1n) is 9.42. The third kappa shape index (κ3) is 5.81. The molecule has 6 nitrogen and oxygen atoms in total. The summed E-state index contributed by atoms with van der Waals surface area (Å²) in [5.74, 6) is -0.151. The lowest BCUT2D eigenvalue weighted by atomic mass is 10.2. The van der Waals surface area contributed by atoms with Gasteiger partial charge in [0.25, 0.3) is 5.91 Å². The third-order valence-corrected chi connectivity index (χ3v) is 5.58. The number of carbonyl (C=O) groups is 1. The summed E-state index contributed by atoms with van der Waals surface area (Å²) < 4.78 is 25.9. The lowest BCUT2D eigenvalue weighted by molar-refractivity contribution is 0.0992. The molecule has 0 saturated carbocycles. The van der Waals surface area contributed by atoms with Crippen molar-refractivity contribution in [1.29, 1.82) is 0 Å². The van der Waals surface area contributed by atoms with Crippen LogP contribution >= 0.6 is 46.4 Å². The molecule has 0 fully saturated rings. The average molecular weight is 529 g/mol. The average Bonchev–Trinajstić information content (AvgIpc) is 3.39. The Morgan fingerprint density at radius 2 is 1.82 bits per heavy atom. The zero-order valence-electron chi connectivity index (χ0n) is 16.6. The van der Waals surface area contributed by atoms with Gasteiger partial charge in [-0.05, 0) is 42.0 Å². The Bertz CT molecular complexity index is 1300. The molecule has 1 amide bonds. The van der Waals surface area contributed by atoms with E-state index in [0.717, 1.165) is 0 Å². The van der Waals surface area contributed by atoms with Gasteiger partial charge < -0.3 is 14.5 Å². The maximum Gasteiger partial charge on any atom is 0.291 e. The van der Waals surface area contributed by atoms with Gasteiger partial charge in [-0.2, -0.15) is 5.10 Å². The first-order chi connectivity index (χ1) is 15.8. The predicted molar refractivity (Wildman–Crippen MR) is 125 cm³/mol. The number of ether oxygens (including phenoxy) is 1. The van der Waals surface area contributed by atoms with Gasteiger partial charge in [0, 0.05) is 16.2 Å². The molecule has 0 aliphatic heterocycles. The molecular weight excluding hydrogens is 515 g/mol. The van der Waals surface area contributed by atoms with E-state index in [1.54, 1.807) is 23.0 Å². The molecule has 0 spiro atoms. The minimum Gasteiger partial charge on any atom is -0.483 e. The largest absolute Gasteiger partial charge is 0.483 e. The van der Waals surface area contributed by atoms with Gasteiger partial charge in [-0.25, -0.2) is 4.39 Å². The van der Waals surface area contributed by atoms with Gasteiger partial charge in [-0.1, -0.05) is 52.5 Å². The summed E-state index contributed by atoms with van der Waals surface area (Å²) in [6.45, 7) is 0.317. The number of hydrogen-bond donors (Lipinski definition) is 1. The van der Waals surface area contributed by atoms with E-state index in [9.17, 15) is 9.18 Å². The highest BCUT2D eigenvalue weighted by Gasteiger charge is 2.15. The SMILES string of the molecule is O=C(Nc1cnn(Cc2ccc(F)cc2Cl)c1)c1ccc(COc2c(Cl)cc(Cl)cc2Cl)o1. The number of halogens is 5. The van der Waals surface area contributed by atoms with Crippen molar-refractivity contribution in [1.82, 2.24) is 9.78 Å². The number of anilines is 1. The van der Waals surface area contributed by atoms with E-state index in [4.69, 9.17) is 55.6 Å². The molecule has 0 saturated heterocycles. The van der Waals surface area contributed by atoms with E-state index >= 15 is 0 Å². The standard InChI is InChI=1S/C22H14Cl4FN3O3/c23-13-5-18(25)21(19(26)6-13)32-11-16-3-4-20(33-16)22(31)29-15-8-28-30(10-15)9-12-1-2-14(27)7-17(12)24/h1-8,10H,9,11H2,(H,29,31). The molecule has 0 atom stereocenters. The van der Waals surface area contributed by atoms with Crippen LogP contribution in [0.15, 0.2) is 59.3 Å². The fraction of sp³-hybridized carbons (Fsp3) is 0.0909. The van der Waals surface area contributed by atoms with Crippen LogP contribution < -0.4 is 10.1 Å². The smallest absolute Gasteiger partial charge is 0.291 e. The Labute approximate surface area is 207 Å². The van der Waals surface area contributed by atoms with E-state index < -0.39 is 11.7 Å². The molecule has 4 rings (SSSR count). The molecule has 11 heteroatoms. The first kappa shape index (κ1) is 23.4. The summed E-state index contributed by atoms with van der Waals surface area (Å²) in [4.78, 5) is 12.5. The number of hydrogen-bond acceptors (Lipinski definition) is 4. The van der Waals surface area contributed by atoms with Crippen molar-refractivity contribution in [2.45, 2.75) is 13.2 Å². The zero-order chi connectivity index (χ0) is 23.5. The first-order valence-corrected chi connectivity index (χ1v) is 10.9. The lowest BCUT2D eigenvalue weighted by Crippen LogP contribution is -2.10. The van der Waals surface area contributed by atoms with Crippen molar-refractivity contribution < 1.29 is 18.3 Å². The molecule has 33 heavy (non-hydrogen) atoms. The topological polar surface area (TPSA) is 69.3 Å². The van der Waals surface area contributed by atoms with Gasteiger partial charge >= 0.3 is 0 Å². The van der Waals surface area contributed by atoms with E-state index in [1.807, 2.05) is 0 Å². The number of nitrogens with zero attached hydrogens (tertiary/aromatic N) is 2. The van der Waals surface area contributed by atoms with Crippen LogP contribution in [0.4, 0.5) is 10.1 Å². The Hall–Kier alpha value is -2.71. The lowest BCUT2D eigenvalue weighted by Gasteiger charge is -2.09. The van der Waals surface area contributed by atoms with Gasteiger partial charge in [-0.3, -0.25) is 9.48 Å². The second kappa shape index (κ2) is 10.1. The highest BCUT2D eigenvalue weighted by atomic mass is 35.5. The fourth-order valence-corrected chi connectivity index (χ4v) is 4.07. The Morgan fingerprint density at radius 3 is 2.55 bits per heavy atom. The molecule has 170 valence electrons. The summed E-state index contributed by atoms with van der Waals surface area (Å²) in [6.07, 6.45) is 3.10. The van der Waals surface area contributed by atoms with Crippen molar-refractivity contribution in [3.05, 3.63) is 97.8 Å². The molecule has 2 heterocycles. The van der Waals surface area contributed by atoms with Gasteiger partial charge in [0.05, 0.1) is 28.5 Å². The molecule has 4 aromatic rings. The van der Waals surface area contributed by atoms with E-state index in [-0.39, 0.29) is 28.2 Å². The maximum atomic E-state index is 13.2. The van der Waals surface area contributed by atoms with Crippen molar-refractivity contribution in [3.63, 3.8) is 0 Å². The van der Waals surface area contributed by atoms with Crippen LogP contribution in [0.25, 0.3) is 0 Å². The van der Waals surface area contributed by atoms with Crippen molar-refractivity contribution in [3.8, 4) is 5.75 Å². The number of carbonyl (C=O) groups excluding carboxylic acids is 1. The molecule has 0 unspecified atom stereocenters. The molecule has 0 bridgehead atoms. The van der Waals surface area contributed by atoms with Crippen LogP contribution in [0.1, 0.15) is 21.9 Å². The Kier molecular flexibility index (Phi) is 7.14. The van der Waals surface area contributed by atoms with E-state index in [1.165, 1.54) is 36.5 Å². The highest BCUT2D eigenvalue weighted by Crippen LogP contribution is 2.36. The molecule has 0 aliphatic rings. The molecule has 0 radical (unpaired) electrons. The minimum absolute atomic E-state index is 0.00468. The van der Waals surface area contributed by atoms with Crippen LogP contribution in [0.3, 0.4) is 0 Å². The summed E-state index contributed by atoms with van der Waals surface area (Å²) >= 11 is 24.1. The molecule has 1 N–H and O–H groups in total. The summed E-state index contributed by atoms with van der Waals surface area (Å²) in [7, 11) is 0. The minimum atomic E-state index is -0.469. The van der Waals surface area contributed by atoms with Gasteiger partial charge in [0.15, 0.2) is 11.5 Å². The number of furan rings is 1. The van der Waals surface area contributed by atoms with Crippen LogP contribution in [-0.2, 0) is 13.2 Å². The quantitative estimate of drug-likeness (QED) is 0.277. The Morgan fingerprint density at radius 1 is 1.06 bits per heavy atom. The maximum absolute atomic E-state index is 13.2. The van der Waals surface area contributed by atoms with Crippen molar-refractivity contribution >= 4 is 58.0 Å².